The summed E-state index contributed by atoms with van der Waals surface area (Å²) in [5, 5.41) is 22.4. The highest BCUT2D eigenvalue weighted by Gasteiger charge is 2.11. The lowest BCUT2D eigenvalue weighted by Gasteiger charge is -2.07. The van der Waals surface area contributed by atoms with Crippen LogP contribution in [0.4, 0.5) is 0 Å². The van der Waals surface area contributed by atoms with Gasteiger partial charge in [0.05, 0.1) is 18.5 Å². The summed E-state index contributed by atoms with van der Waals surface area (Å²) in [6.45, 7) is 12.2. The molecule has 1 saturated heterocycles. The fraction of sp³-hybridized carbons (Fsp3) is 0.429. The van der Waals surface area contributed by atoms with Crippen molar-refractivity contribution in [3.05, 3.63) is 57.9 Å². The fourth-order valence-corrected chi connectivity index (χ4v) is 2.98. The maximum absolute atomic E-state index is 12.0. The highest BCUT2D eigenvalue weighted by Crippen LogP contribution is 2.23. The van der Waals surface area contributed by atoms with E-state index in [9.17, 15) is 15.0 Å². The SMILES string of the molecule is C=C(C)N=Cc1[nH]c(=O)n(Cc2ccc(O)cc2O)c1C.CC[C@@H]1CCNC1. The molecule has 7 heteroatoms. The predicted molar refractivity (Wildman–Crippen MR) is 112 cm³/mol. The van der Waals surface area contributed by atoms with Gasteiger partial charge in [0.15, 0.2) is 0 Å². The lowest BCUT2D eigenvalue weighted by molar-refractivity contribution is 0.444. The first-order valence-corrected chi connectivity index (χ1v) is 9.52. The van der Waals surface area contributed by atoms with Crippen LogP contribution < -0.4 is 11.0 Å². The molecule has 0 spiro atoms. The number of aromatic hydroxyl groups is 2. The van der Waals surface area contributed by atoms with Crippen molar-refractivity contribution in [1.29, 1.82) is 0 Å². The van der Waals surface area contributed by atoms with Gasteiger partial charge in [-0.3, -0.25) is 9.56 Å². The zero-order valence-electron chi connectivity index (χ0n) is 16.8. The Kier molecular flexibility index (Phi) is 7.63. The van der Waals surface area contributed by atoms with E-state index in [0.29, 0.717) is 22.6 Å². The number of nitrogens with zero attached hydrogens (tertiary/aromatic N) is 2. The maximum Gasteiger partial charge on any atom is 0.326 e. The summed E-state index contributed by atoms with van der Waals surface area (Å²) in [7, 11) is 0. The van der Waals surface area contributed by atoms with Crippen molar-refractivity contribution in [3.63, 3.8) is 0 Å². The van der Waals surface area contributed by atoms with Gasteiger partial charge in [-0.15, -0.1) is 0 Å². The van der Waals surface area contributed by atoms with Gasteiger partial charge in [0.1, 0.15) is 11.5 Å². The van der Waals surface area contributed by atoms with Crippen LogP contribution in [0, 0.1) is 12.8 Å². The molecule has 1 atom stereocenters. The van der Waals surface area contributed by atoms with Crippen LogP contribution >= 0.6 is 0 Å². The van der Waals surface area contributed by atoms with Gasteiger partial charge < -0.3 is 20.5 Å². The molecule has 3 rings (SSSR count). The molecule has 0 amide bonds. The smallest absolute Gasteiger partial charge is 0.326 e. The number of hydrogen-bond donors (Lipinski definition) is 4. The second kappa shape index (κ2) is 9.94. The lowest BCUT2D eigenvalue weighted by Crippen LogP contribution is -2.18. The summed E-state index contributed by atoms with van der Waals surface area (Å²) in [4.78, 5) is 18.7. The summed E-state index contributed by atoms with van der Waals surface area (Å²) in [5.41, 5.74) is 2.20. The van der Waals surface area contributed by atoms with Gasteiger partial charge in [0, 0.05) is 23.0 Å². The largest absolute Gasteiger partial charge is 0.508 e. The first-order chi connectivity index (χ1) is 13.3. The number of imidazole rings is 1. The highest BCUT2D eigenvalue weighted by atomic mass is 16.3. The number of phenols is 2. The lowest BCUT2D eigenvalue weighted by atomic mass is 10.1. The van der Waals surface area contributed by atoms with Gasteiger partial charge in [-0.25, -0.2) is 4.79 Å². The standard InChI is InChI=1S/C15H17N3O3.C6H13N/c1-9(2)16-7-13-10(3)18(15(21)17-13)8-11-4-5-12(19)6-14(11)20;1-2-6-3-4-7-5-6/h4-7,19-20H,1,8H2,2-3H3,(H,17,21);6-7H,2-5H2,1H3/t;6-/m.1/s1. The molecule has 1 aromatic carbocycles. The average molecular weight is 386 g/mol. The summed E-state index contributed by atoms with van der Waals surface area (Å²) in [6.07, 6.45) is 4.30. The number of H-pyrrole nitrogens is 1. The predicted octanol–water partition coefficient (Wildman–Crippen LogP) is 2.90. The third-order valence-electron chi connectivity index (χ3n) is 4.83. The molecule has 1 aromatic heterocycles. The maximum atomic E-state index is 12.0. The van der Waals surface area contributed by atoms with E-state index in [1.165, 1.54) is 42.6 Å². The third kappa shape index (κ3) is 5.85. The van der Waals surface area contributed by atoms with E-state index in [1.54, 1.807) is 26.1 Å². The van der Waals surface area contributed by atoms with Crippen molar-refractivity contribution in [2.24, 2.45) is 10.9 Å². The number of allylic oxidation sites excluding steroid dienone is 1. The van der Waals surface area contributed by atoms with Crippen molar-refractivity contribution >= 4 is 6.21 Å². The van der Waals surface area contributed by atoms with Crippen LogP contribution in [0.1, 0.15) is 43.6 Å². The molecule has 28 heavy (non-hydrogen) atoms. The average Bonchev–Trinajstić information content (AvgIpc) is 3.26. The van der Waals surface area contributed by atoms with Crippen LogP contribution in [-0.2, 0) is 6.54 Å². The number of aromatic amines is 1. The van der Waals surface area contributed by atoms with Crippen molar-refractivity contribution in [2.45, 2.75) is 40.2 Å². The minimum Gasteiger partial charge on any atom is -0.508 e. The summed E-state index contributed by atoms with van der Waals surface area (Å²) in [5.74, 6) is 0.906. The number of rotatable bonds is 5. The van der Waals surface area contributed by atoms with Gasteiger partial charge in [-0.1, -0.05) is 19.9 Å². The van der Waals surface area contributed by atoms with Crippen LogP contribution in [0.2, 0.25) is 0 Å². The quantitative estimate of drug-likeness (QED) is 0.593. The fourth-order valence-electron chi connectivity index (χ4n) is 2.98. The molecule has 1 fully saturated rings. The molecule has 0 saturated carbocycles. The molecule has 1 aliphatic rings. The van der Waals surface area contributed by atoms with Gasteiger partial charge in [0.25, 0.3) is 0 Å². The number of nitrogens with one attached hydrogen (secondary N) is 2. The van der Waals surface area contributed by atoms with Crippen molar-refractivity contribution < 1.29 is 10.2 Å². The first-order valence-electron chi connectivity index (χ1n) is 9.52. The van der Waals surface area contributed by atoms with Gasteiger partial charge in [-0.2, -0.15) is 0 Å². The number of benzene rings is 1. The molecular weight excluding hydrogens is 356 g/mol. The van der Waals surface area contributed by atoms with E-state index in [0.717, 1.165) is 5.92 Å². The van der Waals surface area contributed by atoms with Crippen LogP contribution in [0.15, 0.2) is 40.3 Å². The van der Waals surface area contributed by atoms with Crippen molar-refractivity contribution in [3.8, 4) is 11.5 Å². The molecule has 1 aliphatic heterocycles. The summed E-state index contributed by atoms with van der Waals surface area (Å²) >= 11 is 0. The molecule has 0 aliphatic carbocycles. The van der Waals surface area contributed by atoms with Crippen LogP contribution in [-0.4, -0.2) is 39.1 Å². The summed E-state index contributed by atoms with van der Waals surface area (Å²) in [6, 6.07) is 4.28. The Morgan fingerprint density at radius 2 is 2.18 bits per heavy atom. The van der Waals surface area contributed by atoms with Crippen molar-refractivity contribution in [1.82, 2.24) is 14.9 Å². The molecular formula is C21H30N4O3. The van der Waals surface area contributed by atoms with Gasteiger partial charge in [0.2, 0.25) is 0 Å². The number of phenolic OH excluding ortho intramolecular Hbond substituents is 2. The molecule has 152 valence electrons. The highest BCUT2D eigenvalue weighted by molar-refractivity contribution is 5.79. The van der Waals surface area contributed by atoms with Crippen LogP contribution in [0.25, 0.3) is 0 Å². The van der Waals surface area contributed by atoms with E-state index in [-0.39, 0.29) is 23.7 Å². The van der Waals surface area contributed by atoms with Crippen molar-refractivity contribution in [2.75, 3.05) is 13.1 Å². The van der Waals surface area contributed by atoms with Crippen LogP contribution in [0.3, 0.4) is 0 Å². The Balaban J connectivity index is 0.000000336. The molecule has 0 unspecified atom stereocenters. The number of aromatic nitrogens is 2. The molecule has 7 nitrogen and oxygen atoms in total. The topological polar surface area (TPSA) is 103 Å². The minimum absolute atomic E-state index is 0.0244. The van der Waals surface area contributed by atoms with Gasteiger partial charge >= 0.3 is 5.69 Å². The van der Waals surface area contributed by atoms with E-state index in [4.69, 9.17) is 0 Å². The molecule has 2 heterocycles. The Morgan fingerprint density at radius 3 is 2.71 bits per heavy atom. The van der Waals surface area contributed by atoms with E-state index in [1.807, 2.05) is 0 Å². The molecule has 4 N–H and O–H groups in total. The van der Waals surface area contributed by atoms with Crippen LogP contribution in [0.5, 0.6) is 11.5 Å². The van der Waals surface area contributed by atoms with E-state index < -0.39 is 0 Å². The molecule has 0 bridgehead atoms. The Hall–Kier alpha value is -2.80. The minimum atomic E-state index is -0.289. The monoisotopic (exact) mass is 386 g/mol. The zero-order chi connectivity index (χ0) is 20.7. The Bertz CT molecular complexity index is 890. The Labute approximate surface area is 165 Å². The summed E-state index contributed by atoms with van der Waals surface area (Å²) < 4.78 is 1.49. The molecule has 0 radical (unpaired) electrons. The second-order valence-electron chi connectivity index (χ2n) is 7.09. The molecule has 2 aromatic rings. The first kappa shape index (κ1) is 21.5. The van der Waals surface area contributed by atoms with E-state index in [2.05, 4.69) is 28.8 Å². The third-order valence-corrected chi connectivity index (χ3v) is 4.83. The number of aliphatic imine (C=N–C) groups is 1. The normalized spacial score (nSPS) is 16.2. The number of hydrogen-bond acceptors (Lipinski definition) is 5. The van der Waals surface area contributed by atoms with Gasteiger partial charge in [-0.05, 0) is 51.4 Å². The zero-order valence-corrected chi connectivity index (χ0v) is 16.8. The van der Waals surface area contributed by atoms with E-state index >= 15 is 0 Å². The Morgan fingerprint density at radius 1 is 1.43 bits per heavy atom. The second-order valence-corrected chi connectivity index (χ2v) is 7.09.